The molecule has 0 aliphatic rings. The zero-order valence-electron chi connectivity index (χ0n) is 10.3. The van der Waals surface area contributed by atoms with Crippen LogP contribution in [0, 0.1) is 17.0 Å². The lowest BCUT2D eigenvalue weighted by Gasteiger charge is -2.00. The van der Waals surface area contributed by atoms with Gasteiger partial charge in [0.25, 0.3) is 5.69 Å². The smallest absolute Gasteiger partial charge is 0.269 e. The predicted molar refractivity (Wildman–Crippen MR) is 73.2 cm³/mol. The number of hydrogen-bond acceptors (Lipinski definition) is 4. The Morgan fingerprint density at radius 1 is 1.26 bits per heavy atom. The summed E-state index contributed by atoms with van der Waals surface area (Å²) in [6.45, 7) is 1.75. The number of benzene rings is 2. The van der Waals surface area contributed by atoms with Gasteiger partial charge >= 0.3 is 0 Å². The molecule has 96 valence electrons. The third kappa shape index (κ3) is 2.95. The Kier molecular flexibility index (Phi) is 3.56. The van der Waals surface area contributed by atoms with Crippen LogP contribution in [-0.4, -0.2) is 16.2 Å². The van der Waals surface area contributed by atoms with Crippen LogP contribution in [0.25, 0.3) is 0 Å². The largest absolute Gasteiger partial charge is 0.507 e. The molecule has 0 aliphatic carbocycles. The molecular weight excluding hydrogens is 244 g/mol. The molecule has 5 heteroatoms. The molecule has 1 N–H and O–H groups in total. The molecule has 0 aromatic heterocycles. The molecule has 5 nitrogen and oxygen atoms in total. The van der Waals surface area contributed by atoms with E-state index in [0.29, 0.717) is 16.8 Å². The second-order valence-corrected chi connectivity index (χ2v) is 4.04. The fourth-order valence-corrected chi connectivity index (χ4v) is 1.63. The van der Waals surface area contributed by atoms with Crippen molar-refractivity contribution in [1.29, 1.82) is 0 Å². The zero-order chi connectivity index (χ0) is 13.8. The van der Waals surface area contributed by atoms with Crippen LogP contribution >= 0.6 is 0 Å². The van der Waals surface area contributed by atoms with Gasteiger partial charge in [0.05, 0.1) is 10.6 Å². The highest BCUT2D eigenvalue weighted by Gasteiger charge is 2.07. The molecule has 0 fully saturated rings. The van der Waals surface area contributed by atoms with E-state index in [9.17, 15) is 15.2 Å². The number of para-hydroxylation sites is 1. The van der Waals surface area contributed by atoms with Crippen molar-refractivity contribution in [2.75, 3.05) is 0 Å². The summed E-state index contributed by atoms with van der Waals surface area (Å²) in [5.41, 5.74) is 1.98. The molecule has 19 heavy (non-hydrogen) atoms. The minimum atomic E-state index is -0.441. The van der Waals surface area contributed by atoms with Crippen LogP contribution in [0.15, 0.2) is 47.5 Å². The summed E-state index contributed by atoms with van der Waals surface area (Å²) in [5.74, 6) is 0.144. The number of phenolic OH excluding ortho intramolecular Hbond substituents is 1. The SMILES string of the molecule is Cc1cc([N+](=O)[O-])ccc1N=Cc1ccccc1O. The molecule has 0 spiro atoms. The van der Waals surface area contributed by atoms with Crippen LogP contribution in [0.2, 0.25) is 0 Å². The van der Waals surface area contributed by atoms with Crippen molar-refractivity contribution in [3.05, 3.63) is 63.7 Å². The monoisotopic (exact) mass is 256 g/mol. The lowest BCUT2D eigenvalue weighted by molar-refractivity contribution is -0.384. The topological polar surface area (TPSA) is 75.7 Å². The van der Waals surface area contributed by atoms with Crippen molar-refractivity contribution < 1.29 is 10.0 Å². The summed E-state index contributed by atoms with van der Waals surface area (Å²) in [6.07, 6.45) is 1.53. The van der Waals surface area contributed by atoms with E-state index in [1.807, 2.05) is 0 Å². The van der Waals surface area contributed by atoms with Gasteiger partial charge in [-0.25, -0.2) is 0 Å². The third-order valence-corrected chi connectivity index (χ3v) is 2.67. The number of aryl methyl sites for hydroxylation is 1. The lowest BCUT2D eigenvalue weighted by Crippen LogP contribution is -1.88. The van der Waals surface area contributed by atoms with Crippen molar-refractivity contribution in [1.82, 2.24) is 0 Å². The number of nitro benzene ring substituents is 1. The fourth-order valence-electron chi connectivity index (χ4n) is 1.63. The Hall–Kier alpha value is -2.69. The number of nitro groups is 1. The van der Waals surface area contributed by atoms with Crippen LogP contribution in [-0.2, 0) is 0 Å². The normalized spacial score (nSPS) is 10.8. The van der Waals surface area contributed by atoms with Gasteiger partial charge in [0.1, 0.15) is 5.75 Å². The molecule has 0 heterocycles. The van der Waals surface area contributed by atoms with Gasteiger partial charge < -0.3 is 5.11 Å². The quantitative estimate of drug-likeness (QED) is 0.519. The minimum absolute atomic E-state index is 0.0407. The Balaban J connectivity index is 2.29. The summed E-state index contributed by atoms with van der Waals surface area (Å²) in [6, 6.07) is 11.3. The van der Waals surface area contributed by atoms with Gasteiger partial charge in [-0.3, -0.25) is 15.1 Å². The van der Waals surface area contributed by atoms with Gasteiger partial charge in [0.2, 0.25) is 0 Å². The Labute approximate surface area is 110 Å². The van der Waals surface area contributed by atoms with Gasteiger partial charge in [-0.15, -0.1) is 0 Å². The lowest BCUT2D eigenvalue weighted by atomic mass is 10.2. The van der Waals surface area contributed by atoms with E-state index in [-0.39, 0.29) is 11.4 Å². The molecule has 2 aromatic carbocycles. The predicted octanol–water partition coefficient (Wildman–Crippen LogP) is 3.36. The van der Waals surface area contributed by atoms with Crippen molar-refractivity contribution in [2.45, 2.75) is 6.92 Å². The van der Waals surface area contributed by atoms with Gasteiger partial charge in [0, 0.05) is 23.9 Å². The fraction of sp³-hybridized carbons (Fsp3) is 0.0714. The number of aromatic hydroxyl groups is 1. The number of aliphatic imine (C=N–C) groups is 1. The highest BCUT2D eigenvalue weighted by atomic mass is 16.6. The summed E-state index contributed by atoms with van der Waals surface area (Å²) >= 11 is 0. The molecule has 2 rings (SSSR count). The first-order chi connectivity index (χ1) is 9.08. The molecule has 0 saturated heterocycles. The van der Waals surface area contributed by atoms with Gasteiger partial charge in [-0.1, -0.05) is 12.1 Å². The summed E-state index contributed by atoms with van der Waals surface area (Å²) in [7, 11) is 0. The first-order valence-electron chi connectivity index (χ1n) is 5.65. The molecule has 0 aliphatic heterocycles. The average Bonchev–Trinajstić information content (AvgIpc) is 2.39. The first kappa shape index (κ1) is 12.8. The van der Waals surface area contributed by atoms with Gasteiger partial charge in [-0.05, 0) is 30.7 Å². The standard InChI is InChI=1S/C14H12N2O3/c1-10-8-12(16(18)19)6-7-13(10)15-9-11-4-2-3-5-14(11)17/h2-9,17H,1H3. The Bertz CT molecular complexity index is 651. The summed E-state index contributed by atoms with van der Waals surface area (Å²) < 4.78 is 0. The first-order valence-corrected chi connectivity index (χ1v) is 5.65. The number of phenols is 1. The number of hydrogen-bond donors (Lipinski definition) is 1. The van der Waals surface area contributed by atoms with Crippen molar-refractivity contribution in [3.63, 3.8) is 0 Å². The van der Waals surface area contributed by atoms with E-state index in [1.54, 1.807) is 37.3 Å². The second-order valence-electron chi connectivity index (χ2n) is 4.04. The van der Waals surface area contributed by atoms with Crippen molar-refractivity contribution >= 4 is 17.6 Å². The van der Waals surface area contributed by atoms with Crippen molar-refractivity contribution in [2.24, 2.45) is 4.99 Å². The molecule has 0 bridgehead atoms. The molecule has 0 amide bonds. The number of nitrogens with zero attached hydrogens (tertiary/aromatic N) is 2. The van der Waals surface area contributed by atoms with E-state index in [0.717, 1.165) is 0 Å². The summed E-state index contributed by atoms with van der Waals surface area (Å²) in [4.78, 5) is 14.4. The van der Waals surface area contributed by atoms with Gasteiger partial charge in [0.15, 0.2) is 0 Å². The maximum atomic E-state index is 10.6. The van der Waals surface area contributed by atoms with Crippen LogP contribution in [0.3, 0.4) is 0 Å². The van der Waals surface area contributed by atoms with Gasteiger partial charge in [-0.2, -0.15) is 0 Å². The highest BCUT2D eigenvalue weighted by molar-refractivity contribution is 5.85. The molecule has 0 radical (unpaired) electrons. The molecule has 0 unspecified atom stereocenters. The molecule has 0 atom stereocenters. The Morgan fingerprint density at radius 2 is 2.00 bits per heavy atom. The number of rotatable bonds is 3. The molecule has 2 aromatic rings. The number of non-ortho nitro benzene ring substituents is 1. The highest BCUT2D eigenvalue weighted by Crippen LogP contribution is 2.24. The van der Waals surface area contributed by atoms with E-state index < -0.39 is 4.92 Å². The second kappa shape index (κ2) is 5.30. The maximum Gasteiger partial charge on any atom is 0.269 e. The van der Waals surface area contributed by atoms with Crippen LogP contribution in [0.5, 0.6) is 5.75 Å². The van der Waals surface area contributed by atoms with E-state index in [1.165, 1.54) is 18.3 Å². The van der Waals surface area contributed by atoms with Crippen LogP contribution in [0.4, 0.5) is 11.4 Å². The maximum absolute atomic E-state index is 10.6. The third-order valence-electron chi connectivity index (χ3n) is 2.67. The van der Waals surface area contributed by atoms with E-state index in [2.05, 4.69) is 4.99 Å². The molecule has 0 saturated carbocycles. The zero-order valence-corrected chi connectivity index (χ0v) is 10.3. The van der Waals surface area contributed by atoms with Crippen molar-refractivity contribution in [3.8, 4) is 5.75 Å². The van der Waals surface area contributed by atoms with E-state index in [4.69, 9.17) is 0 Å². The minimum Gasteiger partial charge on any atom is -0.507 e. The summed E-state index contributed by atoms with van der Waals surface area (Å²) in [5, 5.41) is 20.2. The average molecular weight is 256 g/mol. The van der Waals surface area contributed by atoms with Crippen LogP contribution < -0.4 is 0 Å². The van der Waals surface area contributed by atoms with E-state index >= 15 is 0 Å². The van der Waals surface area contributed by atoms with Crippen LogP contribution in [0.1, 0.15) is 11.1 Å². The molecular formula is C14H12N2O3. The Morgan fingerprint density at radius 3 is 2.63 bits per heavy atom.